The topological polar surface area (TPSA) is 49.3 Å². The van der Waals surface area contributed by atoms with E-state index in [0.717, 1.165) is 19.3 Å². The van der Waals surface area contributed by atoms with E-state index >= 15 is 0 Å². The molecule has 21 heavy (non-hydrogen) atoms. The molecule has 2 aromatic carbocycles. The van der Waals surface area contributed by atoms with E-state index in [9.17, 15) is 9.18 Å². The number of carbonyl (C=O) groups is 1. The number of halogens is 1. The third-order valence-corrected chi connectivity index (χ3v) is 3.91. The summed E-state index contributed by atoms with van der Waals surface area (Å²) < 4.78 is 13.7. The fraction of sp³-hybridized carbons (Fsp3) is 0.235. The zero-order chi connectivity index (χ0) is 14.8. The zero-order valence-corrected chi connectivity index (χ0v) is 11.5. The van der Waals surface area contributed by atoms with Gasteiger partial charge in [0.15, 0.2) is 0 Å². The Morgan fingerprint density at radius 3 is 2.81 bits per heavy atom. The summed E-state index contributed by atoms with van der Waals surface area (Å²) in [6.07, 6.45) is 3.14. The number of nitrogens with one attached hydrogen (secondary N) is 1. The van der Waals surface area contributed by atoms with Crippen LogP contribution < -0.4 is 5.32 Å². The quantitative estimate of drug-likeness (QED) is 0.895. The molecule has 108 valence electrons. The van der Waals surface area contributed by atoms with Crippen LogP contribution >= 0.6 is 0 Å². The average molecular weight is 285 g/mol. The molecule has 3 nitrogen and oxygen atoms in total. The Labute approximate surface area is 122 Å². The molecule has 0 bridgehead atoms. The van der Waals surface area contributed by atoms with Crippen LogP contribution in [0.3, 0.4) is 0 Å². The molecule has 0 aromatic heterocycles. The van der Waals surface area contributed by atoms with Crippen molar-refractivity contribution in [3.8, 4) is 0 Å². The lowest BCUT2D eigenvalue weighted by molar-refractivity contribution is 0.0692. The number of aryl methyl sites for hydroxylation is 1. The van der Waals surface area contributed by atoms with Gasteiger partial charge in [-0.3, -0.25) is 0 Å². The number of fused-ring (bicyclic) bond motifs is 1. The SMILES string of the molecule is O=C(O)c1ccc(NC2CCCc3ccccc32)cc1F. The van der Waals surface area contributed by atoms with Crippen LogP contribution in [0.4, 0.5) is 10.1 Å². The first-order valence-electron chi connectivity index (χ1n) is 7.02. The highest BCUT2D eigenvalue weighted by atomic mass is 19.1. The minimum atomic E-state index is -1.25. The molecule has 1 aliphatic rings. The number of hydrogen-bond donors (Lipinski definition) is 2. The normalized spacial score (nSPS) is 17.1. The fourth-order valence-electron chi connectivity index (χ4n) is 2.88. The van der Waals surface area contributed by atoms with E-state index in [1.165, 1.54) is 23.3 Å². The second kappa shape index (κ2) is 5.56. The third kappa shape index (κ3) is 2.75. The van der Waals surface area contributed by atoms with E-state index < -0.39 is 11.8 Å². The van der Waals surface area contributed by atoms with Crippen LogP contribution in [0.5, 0.6) is 0 Å². The van der Waals surface area contributed by atoms with E-state index in [1.807, 2.05) is 12.1 Å². The Kier molecular flexibility index (Phi) is 3.60. The van der Waals surface area contributed by atoms with Gasteiger partial charge in [-0.2, -0.15) is 0 Å². The summed E-state index contributed by atoms with van der Waals surface area (Å²) >= 11 is 0. The van der Waals surface area contributed by atoms with Crippen LogP contribution in [-0.4, -0.2) is 11.1 Å². The summed E-state index contributed by atoms with van der Waals surface area (Å²) in [6, 6.07) is 12.6. The lowest BCUT2D eigenvalue weighted by atomic mass is 9.87. The predicted molar refractivity (Wildman–Crippen MR) is 79.1 cm³/mol. The van der Waals surface area contributed by atoms with E-state index in [1.54, 1.807) is 6.07 Å². The molecule has 0 spiro atoms. The molecule has 0 saturated heterocycles. The molecule has 2 aromatic rings. The number of hydrogen-bond acceptors (Lipinski definition) is 2. The first-order valence-corrected chi connectivity index (χ1v) is 7.02. The standard InChI is InChI=1S/C17H16FNO2/c18-15-10-12(8-9-14(15)17(20)21)19-16-7-3-5-11-4-1-2-6-13(11)16/h1-2,4,6,8-10,16,19H,3,5,7H2,(H,20,21). The van der Waals surface area contributed by atoms with Crippen LogP contribution in [0.1, 0.15) is 40.4 Å². The molecule has 0 amide bonds. The van der Waals surface area contributed by atoms with Gasteiger partial charge in [-0.25, -0.2) is 9.18 Å². The maximum Gasteiger partial charge on any atom is 0.338 e. The number of anilines is 1. The van der Waals surface area contributed by atoms with Crippen LogP contribution in [0.2, 0.25) is 0 Å². The smallest absolute Gasteiger partial charge is 0.338 e. The van der Waals surface area contributed by atoms with Gasteiger partial charge in [-0.05, 0) is 48.6 Å². The maximum absolute atomic E-state index is 13.7. The van der Waals surface area contributed by atoms with Gasteiger partial charge in [-0.1, -0.05) is 24.3 Å². The fourth-order valence-corrected chi connectivity index (χ4v) is 2.88. The van der Waals surface area contributed by atoms with Crippen molar-refractivity contribution in [2.45, 2.75) is 25.3 Å². The maximum atomic E-state index is 13.7. The minimum absolute atomic E-state index is 0.144. The van der Waals surface area contributed by atoms with E-state index in [-0.39, 0.29) is 11.6 Å². The highest BCUT2D eigenvalue weighted by Crippen LogP contribution is 2.32. The zero-order valence-electron chi connectivity index (χ0n) is 11.5. The van der Waals surface area contributed by atoms with Gasteiger partial charge in [0.25, 0.3) is 0 Å². The van der Waals surface area contributed by atoms with Crippen molar-refractivity contribution >= 4 is 11.7 Å². The Morgan fingerprint density at radius 2 is 2.05 bits per heavy atom. The Balaban J connectivity index is 1.85. The molecule has 0 fully saturated rings. The number of rotatable bonds is 3. The number of aromatic carboxylic acids is 1. The van der Waals surface area contributed by atoms with E-state index in [2.05, 4.69) is 17.4 Å². The predicted octanol–water partition coefficient (Wildman–Crippen LogP) is 4.01. The van der Waals surface area contributed by atoms with E-state index in [0.29, 0.717) is 5.69 Å². The van der Waals surface area contributed by atoms with Crippen molar-refractivity contribution < 1.29 is 14.3 Å². The van der Waals surface area contributed by atoms with Crippen LogP contribution in [0.25, 0.3) is 0 Å². The summed E-state index contributed by atoms with van der Waals surface area (Å²) in [5.74, 6) is -1.96. The largest absolute Gasteiger partial charge is 0.478 e. The molecular formula is C17H16FNO2. The highest BCUT2D eigenvalue weighted by molar-refractivity contribution is 5.88. The average Bonchev–Trinajstić information content (AvgIpc) is 2.47. The van der Waals surface area contributed by atoms with Crippen LogP contribution in [0, 0.1) is 5.82 Å². The summed E-state index contributed by atoms with van der Waals surface area (Å²) in [6.45, 7) is 0. The molecule has 1 atom stereocenters. The van der Waals surface area contributed by atoms with Gasteiger partial charge in [-0.15, -0.1) is 0 Å². The highest BCUT2D eigenvalue weighted by Gasteiger charge is 2.20. The van der Waals surface area contributed by atoms with E-state index in [4.69, 9.17) is 5.11 Å². The van der Waals surface area contributed by atoms with Crippen molar-refractivity contribution in [1.82, 2.24) is 0 Å². The van der Waals surface area contributed by atoms with Crippen molar-refractivity contribution in [3.05, 3.63) is 65.0 Å². The molecule has 0 heterocycles. The molecule has 0 saturated carbocycles. The lowest BCUT2D eigenvalue weighted by Crippen LogP contribution is -2.17. The third-order valence-electron chi connectivity index (χ3n) is 3.91. The van der Waals surface area contributed by atoms with Crippen LogP contribution in [-0.2, 0) is 6.42 Å². The van der Waals surface area contributed by atoms with Gasteiger partial charge in [0, 0.05) is 5.69 Å². The van der Waals surface area contributed by atoms with Gasteiger partial charge in [0.05, 0.1) is 11.6 Å². The van der Waals surface area contributed by atoms with Crippen molar-refractivity contribution in [1.29, 1.82) is 0 Å². The molecule has 0 radical (unpaired) electrons. The molecule has 4 heteroatoms. The summed E-state index contributed by atoms with van der Waals surface area (Å²) in [7, 11) is 0. The van der Waals surface area contributed by atoms with Gasteiger partial charge >= 0.3 is 5.97 Å². The molecule has 1 aliphatic carbocycles. The Hall–Kier alpha value is -2.36. The van der Waals surface area contributed by atoms with Gasteiger partial charge < -0.3 is 10.4 Å². The minimum Gasteiger partial charge on any atom is -0.478 e. The second-order valence-corrected chi connectivity index (χ2v) is 5.29. The number of benzene rings is 2. The number of carboxylic acids is 1. The number of carboxylic acid groups (broad SMARTS) is 1. The molecule has 0 aliphatic heterocycles. The molecule has 3 rings (SSSR count). The summed E-state index contributed by atoms with van der Waals surface area (Å²) in [5.41, 5.74) is 2.87. The van der Waals surface area contributed by atoms with Crippen molar-refractivity contribution in [2.75, 3.05) is 5.32 Å². The van der Waals surface area contributed by atoms with Gasteiger partial charge in [0.2, 0.25) is 0 Å². The summed E-state index contributed by atoms with van der Waals surface area (Å²) in [4.78, 5) is 10.8. The molecular weight excluding hydrogens is 269 g/mol. The van der Waals surface area contributed by atoms with Crippen molar-refractivity contribution in [2.24, 2.45) is 0 Å². The first-order chi connectivity index (χ1) is 10.1. The molecule has 1 unspecified atom stereocenters. The summed E-state index contributed by atoms with van der Waals surface area (Å²) in [5, 5.41) is 12.2. The van der Waals surface area contributed by atoms with Crippen molar-refractivity contribution in [3.63, 3.8) is 0 Å². The Bertz CT molecular complexity index is 684. The Morgan fingerprint density at radius 1 is 1.24 bits per heavy atom. The second-order valence-electron chi connectivity index (χ2n) is 5.29. The first kappa shape index (κ1) is 13.6. The molecule has 2 N–H and O–H groups in total. The monoisotopic (exact) mass is 285 g/mol. The lowest BCUT2D eigenvalue weighted by Gasteiger charge is -2.27. The van der Waals surface area contributed by atoms with Crippen LogP contribution in [0.15, 0.2) is 42.5 Å². The van der Waals surface area contributed by atoms with Gasteiger partial charge in [0.1, 0.15) is 5.82 Å².